The van der Waals surface area contributed by atoms with Crippen LogP contribution in [0.25, 0.3) is 11.3 Å². The number of carbonyl (C=O) groups is 1. The number of nitrogens with zero attached hydrogens (tertiary/aromatic N) is 2. The van der Waals surface area contributed by atoms with Gasteiger partial charge in [0.2, 0.25) is 5.75 Å². The van der Waals surface area contributed by atoms with Crippen molar-refractivity contribution in [2.45, 2.75) is 26.3 Å². The molecule has 2 aromatic carbocycles. The molecule has 0 fully saturated rings. The van der Waals surface area contributed by atoms with Crippen LogP contribution in [-0.2, 0) is 13.0 Å². The maximum Gasteiger partial charge on any atom is 0.254 e. The number of benzene rings is 2. The molecule has 2 bridgehead atoms. The molecule has 0 aliphatic carbocycles. The van der Waals surface area contributed by atoms with Crippen molar-refractivity contribution < 1.29 is 19.1 Å². The summed E-state index contributed by atoms with van der Waals surface area (Å²) in [7, 11) is 3.15. The Balaban J connectivity index is 1.62. The van der Waals surface area contributed by atoms with Gasteiger partial charge in [-0.1, -0.05) is 31.2 Å². The highest BCUT2D eigenvalue weighted by atomic mass is 16.7. The van der Waals surface area contributed by atoms with E-state index in [0.717, 1.165) is 29.7 Å². The highest BCUT2D eigenvalue weighted by molar-refractivity contribution is 5.95. The number of aryl methyl sites for hydroxylation is 1. The molecule has 0 atom stereocenters. The molecule has 4 rings (SSSR count). The number of fused-ring (bicyclic) bond motifs is 2. The molecule has 1 N–H and O–H groups in total. The van der Waals surface area contributed by atoms with Crippen molar-refractivity contribution in [2.24, 2.45) is 0 Å². The summed E-state index contributed by atoms with van der Waals surface area (Å²) in [6, 6.07) is 15.7. The maximum atomic E-state index is 13.5. The van der Waals surface area contributed by atoms with Gasteiger partial charge in [-0.25, -0.2) is 0 Å². The fourth-order valence-corrected chi connectivity index (χ4v) is 3.91. The van der Waals surface area contributed by atoms with E-state index in [1.165, 1.54) is 5.56 Å². The van der Waals surface area contributed by atoms with E-state index in [4.69, 9.17) is 14.3 Å². The molecule has 1 aliphatic heterocycles. The molecule has 33 heavy (non-hydrogen) atoms. The zero-order valence-corrected chi connectivity index (χ0v) is 19.3. The molecule has 7 heteroatoms. The summed E-state index contributed by atoms with van der Waals surface area (Å²) < 4.78 is 10.9. The largest absolute Gasteiger partial charge is 0.493 e. The molecule has 0 saturated carbocycles. The molecule has 0 spiro atoms. The summed E-state index contributed by atoms with van der Waals surface area (Å²) in [5.41, 5.74) is 7.50. The minimum atomic E-state index is -0.0401. The minimum absolute atomic E-state index is 0.0401. The van der Waals surface area contributed by atoms with E-state index in [-0.39, 0.29) is 5.91 Å². The Morgan fingerprint density at radius 3 is 2.67 bits per heavy atom. The summed E-state index contributed by atoms with van der Waals surface area (Å²) in [6.45, 7) is 3.73. The number of ether oxygens (including phenoxy) is 2. The summed E-state index contributed by atoms with van der Waals surface area (Å²) in [5.74, 6) is 1.56. The molecule has 172 valence electrons. The average Bonchev–Trinajstić information content (AvgIpc) is 2.87. The number of pyridine rings is 1. The number of methoxy groups -OCH3 is 2. The Kier molecular flexibility index (Phi) is 7.10. The monoisotopic (exact) mass is 447 g/mol. The molecular formula is C26H29N3O4. The van der Waals surface area contributed by atoms with Gasteiger partial charge >= 0.3 is 0 Å². The van der Waals surface area contributed by atoms with Gasteiger partial charge in [0.05, 0.1) is 19.9 Å². The van der Waals surface area contributed by atoms with Crippen molar-refractivity contribution in [3.05, 3.63) is 71.4 Å². The van der Waals surface area contributed by atoms with E-state index < -0.39 is 0 Å². The van der Waals surface area contributed by atoms with Gasteiger partial charge in [0.25, 0.3) is 5.91 Å². The normalized spacial score (nSPS) is 13.7. The van der Waals surface area contributed by atoms with Crippen LogP contribution in [0.5, 0.6) is 17.2 Å². The van der Waals surface area contributed by atoms with Gasteiger partial charge in [0, 0.05) is 37.0 Å². The van der Waals surface area contributed by atoms with Crippen LogP contribution in [-0.4, -0.2) is 43.1 Å². The number of amides is 1. The summed E-state index contributed by atoms with van der Waals surface area (Å²) in [4.78, 5) is 25.5. The fraction of sp³-hybridized carbons (Fsp3) is 0.308. The highest BCUT2D eigenvalue weighted by Crippen LogP contribution is 2.38. The smallest absolute Gasteiger partial charge is 0.254 e. The van der Waals surface area contributed by atoms with Crippen LogP contribution in [0.15, 0.2) is 54.7 Å². The summed E-state index contributed by atoms with van der Waals surface area (Å²) in [5, 5.41) is 0. The summed E-state index contributed by atoms with van der Waals surface area (Å²) >= 11 is 0. The molecule has 0 unspecified atom stereocenters. The zero-order valence-electron chi connectivity index (χ0n) is 19.3. The minimum Gasteiger partial charge on any atom is -0.493 e. The quantitative estimate of drug-likeness (QED) is 0.630. The van der Waals surface area contributed by atoms with E-state index in [2.05, 4.69) is 41.7 Å². The van der Waals surface area contributed by atoms with Gasteiger partial charge in [-0.15, -0.1) is 0 Å². The lowest BCUT2D eigenvalue weighted by Gasteiger charge is -2.25. The molecule has 2 heterocycles. The second-order valence-electron chi connectivity index (χ2n) is 7.89. The van der Waals surface area contributed by atoms with Crippen molar-refractivity contribution >= 4 is 5.91 Å². The average molecular weight is 448 g/mol. The second kappa shape index (κ2) is 10.4. The first-order valence-corrected chi connectivity index (χ1v) is 11.1. The van der Waals surface area contributed by atoms with Crippen LogP contribution in [0.1, 0.15) is 34.8 Å². The van der Waals surface area contributed by atoms with Crippen molar-refractivity contribution in [3.8, 4) is 28.5 Å². The van der Waals surface area contributed by atoms with Crippen LogP contribution >= 0.6 is 0 Å². The Labute approximate surface area is 194 Å². The number of carbonyl (C=O) groups excluding carboxylic acids is 1. The van der Waals surface area contributed by atoms with Gasteiger partial charge < -0.3 is 19.2 Å². The van der Waals surface area contributed by atoms with Crippen LogP contribution in [0.2, 0.25) is 0 Å². The first-order chi connectivity index (χ1) is 16.1. The Hall–Kier alpha value is -3.58. The molecule has 7 nitrogen and oxygen atoms in total. The van der Waals surface area contributed by atoms with E-state index >= 15 is 0 Å². The lowest BCUT2D eigenvalue weighted by Crippen LogP contribution is -2.34. The first-order valence-electron chi connectivity index (χ1n) is 11.1. The topological polar surface area (TPSA) is 72.9 Å². The van der Waals surface area contributed by atoms with Crippen LogP contribution < -0.4 is 19.8 Å². The number of nitrogens with one attached hydrogen (secondary N) is 1. The molecule has 3 aromatic rings. The van der Waals surface area contributed by atoms with Crippen LogP contribution in [0.4, 0.5) is 0 Å². The molecule has 1 aliphatic rings. The number of hydrogen-bond donors (Lipinski definition) is 1. The molecule has 1 amide bonds. The van der Waals surface area contributed by atoms with Gasteiger partial charge in [0.1, 0.15) is 0 Å². The van der Waals surface area contributed by atoms with Gasteiger partial charge in [-0.05, 0) is 48.2 Å². The second-order valence-corrected chi connectivity index (χ2v) is 7.89. The van der Waals surface area contributed by atoms with E-state index in [1.54, 1.807) is 26.5 Å². The number of rotatable bonds is 5. The fourth-order valence-electron chi connectivity index (χ4n) is 3.91. The third kappa shape index (κ3) is 5.09. The third-order valence-electron chi connectivity index (χ3n) is 5.72. The molecule has 0 radical (unpaired) electrons. The van der Waals surface area contributed by atoms with E-state index in [0.29, 0.717) is 42.4 Å². The number of aromatic nitrogens is 1. The lowest BCUT2D eigenvalue weighted by molar-refractivity contribution is 0.0730. The highest BCUT2D eigenvalue weighted by Gasteiger charge is 2.21. The zero-order chi connectivity index (χ0) is 23.2. The van der Waals surface area contributed by atoms with Crippen LogP contribution in [0, 0.1) is 0 Å². The first kappa shape index (κ1) is 22.6. The predicted octanol–water partition coefficient (Wildman–Crippen LogP) is 4.26. The maximum absolute atomic E-state index is 13.5. The van der Waals surface area contributed by atoms with Gasteiger partial charge in [-0.3, -0.25) is 9.78 Å². The molecule has 0 saturated heterocycles. The molecule has 1 aromatic heterocycles. The van der Waals surface area contributed by atoms with E-state index in [9.17, 15) is 4.79 Å². The van der Waals surface area contributed by atoms with Crippen LogP contribution in [0.3, 0.4) is 0 Å². The summed E-state index contributed by atoms with van der Waals surface area (Å²) in [6.07, 6.45) is 3.42. The van der Waals surface area contributed by atoms with Gasteiger partial charge in [-0.2, -0.15) is 5.48 Å². The lowest BCUT2D eigenvalue weighted by atomic mass is 10.1. The molecular weight excluding hydrogens is 418 g/mol. The Morgan fingerprint density at radius 1 is 1.12 bits per heavy atom. The third-order valence-corrected chi connectivity index (χ3v) is 5.72. The standard InChI is InChI=1S/C26H29N3O4/c1-4-18-6-8-20(9-7-18)22-16-21(10-12-27-22)26(30)29-13-5-11-28-33-24-15-19(17-29)14-23(31-2)25(24)32-3/h6-10,12,14-16,28H,4-5,11,13,17H2,1-3H3. The van der Waals surface area contributed by atoms with Gasteiger partial charge in [0.15, 0.2) is 11.5 Å². The number of hydroxylamine groups is 1. The van der Waals surface area contributed by atoms with Crippen molar-refractivity contribution in [1.82, 2.24) is 15.4 Å². The number of hydrogen-bond acceptors (Lipinski definition) is 6. The van der Waals surface area contributed by atoms with E-state index in [1.807, 2.05) is 23.1 Å². The van der Waals surface area contributed by atoms with Crippen molar-refractivity contribution in [2.75, 3.05) is 27.3 Å². The Morgan fingerprint density at radius 2 is 1.94 bits per heavy atom. The SMILES string of the molecule is CCc1ccc(-c2cc(C(=O)N3CCCNOc4cc(cc(OC)c4OC)C3)ccn2)cc1. The predicted molar refractivity (Wildman–Crippen MR) is 127 cm³/mol. The Bertz CT molecular complexity index is 1120. The van der Waals surface area contributed by atoms with Crippen molar-refractivity contribution in [1.29, 1.82) is 0 Å². The van der Waals surface area contributed by atoms with Crippen molar-refractivity contribution in [3.63, 3.8) is 0 Å².